The van der Waals surface area contributed by atoms with Crippen molar-refractivity contribution in [1.29, 1.82) is 0 Å². The summed E-state index contributed by atoms with van der Waals surface area (Å²) in [4.78, 5) is 19.5. The first-order valence-electron chi connectivity index (χ1n) is 6.57. The lowest BCUT2D eigenvalue weighted by molar-refractivity contribution is -0.508. The third-order valence-corrected chi connectivity index (χ3v) is 2.92. The Hall–Kier alpha value is -2.54. The molecule has 1 aliphatic heterocycles. The predicted octanol–water partition coefficient (Wildman–Crippen LogP) is 0.213. The molecule has 1 atom stereocenters. The monoisotopic (exact) mass is 288 g/mol. The summed E-state index contributed by atoms with van der Waals surface area (Å²) in [6.07, 6.45) is 12.0. The van der Waals surface area contributed by atoms with Crippen LogP contribution in [0.3, 0.4) is 0 Å². The number of nitrogens with two attached hydrogens (primary N) is 1. The Balaban J connectivity index is 1.87. The number of allylic oxidation sites excluding steroid dienone is 2. The van der Waals surface area contributed by atoms with E-state index in [1.807, 2.05) is 24.7 Å². The number of nitrogens with one attached hydrogen (secondary N) is 1. The Morgan fingerprint density at radius 1 is 1.52 bits per heavy atom. The van der Waals surface area contributed by atoms with Gasteiger partial charge in [-0.2, -0.15) is 5.43 Å². The third-order valence-electron chi connectivity index (χ3n) is 2.92. The highest BCUT2D eigenvalue weighted by Crippen LogP contribution is 2.11. The summed E-state index contributed by atoms with van der Waals surface area (Å²) in [5.41, 5.74) is 9.63. The van der Waals surface area contributed by atoms with Crippen LogP contribution in [0.2, 0.25) is 0 Å². The number of nitrogens with zero attached hydrogens (tertiary/aromatic N) is 3. The van der Waals surface area contributed by atoms with Gasteiger partial charge < -0.3 is 10.5 Å². The molecule has 0 spiro atoms. The van der Waals surface area contributed by atoms with Crippen molar-refractivity contribution in [1.82, 2.24) is 15.4 Å². The van der Waals surface area contributed by atoms with Gasteiger partial charge in [0.1, 0.15) is 6.04 Å². The van der Waals surface area contributed by atoms with Crippen molar-refractivity contribution in [2.75, 3.05) is 7.11 Å². The molecule has 0 aromatic carbocycles. The smallest absolute Gasteiger partial charge is 0.322 e. The molecule has 2 heterocycles. The van der Waals surface area contributed by atoms with Gasteiger partial charge in [0, 0.05) is 30.5 Å². The fourth-order valence-corrected chi connectivity index (χ4v) is 1.76. The van der Waals surface area contributed by atoms with Crippen LogP contribution in [0.4, 0.5) is 0 Å². The van der Waals surface area contributed by atoms with E-state index in [-0.39, 0.29) is 0 Å². The lowest BCUT2D eigenvalue weighted by Gasteiger charge is -2.07. The highest BCUT2D eigenvalue weighted by atomic mass is 16.5. The van der Waals surface area contributed by atoms with Crippen LogP contribution in [0.1, 0.15) is 18.7 Å². The standard InChI is InChI=1S/C14H18N5O2/c1-21-14(20)12(15)4-2-8-19-9-5-11(10-18-19)13-16-6-3-7-17-13/h3,5-10,12,18H,2,4,15H2,1H3/q+1/t12-/m0/s1. The van der Waals surface area contributed by atoms with Crippen molar-refractivity contribution in [3.8, 4) is 0 Å². The van der Waals surface area contributed by atoms with Gasteiger partial charge in [0.15, 0.2) is 18.2 Å². The molecule has 0 unspecified atom stereocenters. The van der Waals surface area contributed by atoms with Crippen LogP contribution in [0.25, 0.3) is 5.57 Å². The van der Waals surface area contributed by atoms with Crippen LogP contribution < -0.4 is 11.2 Å². The number of hydrazine groups is 1. The van der Waals surface area contributed by atoms with Crippen LogP contribution in [0.5, 0.6) is 0 Å². The maximum atomic E-state index is 11.2. The molecule has 0 bridgehead atoms. The molecule has 3 N–H and O–H groups in total. The molecule has 1 aromatic rings. The normalized spacial score (nSPS) is 17.0. The van der Waals surface area contributed by atoms with Crippen LogP contribution in [-0.2, 0) is 9.53 Å². The van der Waals surface area contributed by atoms with Gasteiger partial charge in [-0.1, -0.05) is 4.68 Å². The zero-order valence-electron chi connectivity index (χ0n) is 11.8. The second-order valence-electron chi connectivity index (χ2n) is 4.41. The molecule has 2 rings (SSSR count). The van der Waals surface area contributed by atoms with Crippen LogP contribution >= 0.6 is 0 Å². The van der Waals surface area contributed by atoms with E-state index in [0.29, 0.717) is 18.7 Å². The van der Waals surface area contributed by atoms with Gasteiger partial charge >= 0.3 is 5.97 Å². The fourth-order valence-electron chi connectivity index (χ4n) is 1.76. The number of carbonyl (C=O) groups is 1. The number of carbonyl (C=O) groups excluding carboxylic acids is 1. The Morgan fingerprint density at radius 2 is 2.29 bits per heavy atom. The van der Waals surface area contributed by atoms with Gasteiger partial charge in [0.25, 0.3) is 0 Å². The molecular formula is C14H18N5O2+. The highest BCUT2D eigenvalue weighted by molar-refractivity contribution is 5.75. The second-order valence-corrected chi connectivity index (χ2v) is 4.41. The molecule has 0 radical (unpaired) electrons. The van der Waals surface area contributed by atoms with Crippen molar-refractivity contribution in [3.05, 3.63) is 42.8 Å². The molecule has 21 heavy (non-hydrogen) atoms. The number of methoxy groups -OCH3 is 1. The summed E-state index contributed by atoms with van der Waals surface area (Å²) >= 11 is 0. The molecule has 1 aromatic heterocycles. The van der Waals surface area contributed by atoms with E-state index >= 15 is 0 Å². The van der Waals surface area contributed by atoms with Gasteiger partial charge in [0.05, 0.1) is 13.3 Å². The predicted molar refractivity (Wildman–Crippen MR) is 77.8 cm³/mol. The minimum Gasteiger partial charge on any atom is -0.468 e. The maximum Gasteiger partial charge on any atom is 0.322 e. The van der Waals surface area contributed by atoms with Crippen molar-refractivity contribution in [2.45, 2.75) is 18.9 Å². The molecule has 0 saturated carbocycles. The minimum absolute atomic E-state index is 0.394. The Morgan fingerprint density at radius 3 is 2.90 bits per heavy atom. The average molecular weight is 288 g/mol. The molecular weight excluding hydrogens is 270 g/mol. The number of rotatable bonds is 5. The Kier molecular flexibility index (Phi) is 5.16. The number of aromatic nitrogens is 2. The van der Waals surface area contributed by atoms with Gasteiger partial charge in [0.2, 0.25) is 0 Å². The van der Waals surface area contributed by atoms with E-state index in [2.05, 4.69) is 20.1 Å². The number of hydrogen-bond donors (Lipinski definition) is 2. The number of esters is 1. The van der Waals surface area contributed by atoms with Crippen molar-refractivity contribution in [3.63, 3.8) is 0 Å². The van der Waals surface area contributed by atoms with E-state index < -0.39 is 12.0 Å². The third kappa shape index (κ3) is 4.22. The second kappa shape index (κ2) is 7.30. The first kappa shape index (κ1) is 14.9. The summed E-state index contributed by atoms with van der Waals surface area (Å²) in [6.45, 7) is 0. The minimum atomic E-state index is -0.594. The fraction of sp³-hybridized carbons (Fsp3) is 0.286. The molecule has 1 aliphatic rings. The quantitative estimate of drug-likeness (QED) is 0.594. The molecule has 0 aliphatic carbocycles. The lowest BCUT2D eigenvalue weighted by Crippen LogP contribution is -2.32. The summed E-state index contributed by atoms with van der Waals surface area (Å²) < 4.78 is 6.36. The Bertz CT molecular complexity index is 580. The van der Waals surface area contributed by atoms with E-state index in [0.717, 1.165) is 5.57 Å². The first-order valence-corrected chi connectivity index (χ1v) is 6.57. The first-order chi connectivity index (χ1) is 10.2. The zero-order valence-corrected chi connectivity index (χ0v) is 11.8. The Labute approximate surface area is 122 Å². The summed E-state index contributed by atoms with van der Waals surface area (Å²) in [6, 6.07) is 1.18. The van der Waals surface area contributed by atoms with Crippen molar-refractivity contribution < 1.29 is 14.2 Å². The molecule has 7 heteroatoms. The lowest BCUT2D eigenvalue weighted by atomic mass is 10.2. The summed E-state index contributed by atoms with van der Waals surface area (Å²) in [5.74, 6) is 0.266. The van der Waals surface area contributed by atoms with Crippen molar-refractivity contribution in [2.24, 2.45) is 5.73 Å². The molecule has 0 amide bonds. The highest BCUT2D eigenvalue weighted by Gasteiger charge is 2.14. The zero-order chi connectivity index (χ0) is 15.1. The van der Waals surface area contributed by atoms with Crippen molar-refractivity contribution >= 4 is 17.8 Å². The van der Waals surface area contributed by atoms with E-state index in [1.54, 1.807) is 23.1 Å². The molecule has 7 nitrogen and oxygen atoms in total. The number of ether oxygens (including phenoxy) is 1. The number of hydrazone groups is 1. The van der Waals surface area contributed by atoms with Gasteiger partial charge in [-0.3, -0.25) is 4.79 Å². The summed E-state index contributed by atoms with van der Waals surface area (Å²) in [5, 5.41) is 0. The molecule has 0 saturated heterocycles. The topological polar surface area (TPSA) is 93.1 Å². The van der Waals surface area contributed by atoms with Gasteiger partial charge in [-0.05, 0) is 12.5 Å². The molecule has 0 fully saturated rings. The SMILES string of the molecule is COC(=O)[C@@H](N)CCC=[N+]1C=CC(c2ncccn2)=CN1. The van der Waals surface area contributed by atoms with E-state index in [4.69, 9.17) is 5.73 Å². The van der Waals surface area contributed by atoms with Crippen LogP contribution in [0.15, 0.2) is 36.9 Å². The van der Waals surface area contributed by atoms with E-state index in [1.165, 1.54) is 7.11 Å². The largest absolute Gasteiger partial charge is 0.468 e. The van der Waals surface area contributed by atoms with E-state index in [9.17, 15) is 4.79 Å². The summed E-state index contributed by atoms with van der Waals surface area (Å²) in [7, 11) is 1.33. The average Bonchev–Trinajstić information content (AvgIpc) is 2.55. The van der Waals surface area contributed by atoms with Crippen LogP contribution in [-0.4, -0.2) is 40.0 Å². The van der Waals surface area contributed by atoms with Gasteiger partial charge in [-0.15, -0.1) is 0 Å². The molecule has 110 valence electrons. The van der Waals surface area contributed by atoms with Crippen LogP contribution in [0, 0.1) is 0 Å². The maximum absolute atomic E-state index is 11.2. The number of hydrogen-bond acceptors (Lipinski definition) is 6. The van der Waals surface area contributed by atoms with Gasteiger partial charge in [-0.25, -0.2) is 9.97 Å².